The second-order valence-electron chi connectivity index (χ2n) is 5.46. The fourth-order valence-corrected chi connectivity index (χ4v) is 3.65. The Morgan fingerprint density at radius 1 is 1.55 bits per heavy atom. The van der Waals surface area contributed by atoms with Gasteiger partial charge in [-0.25, -0.2) is 0 Å². The van der Waals surface area contributed by atoms with E-state index in [-0.39, 0.29) is 24.6 Å². The number of rotatable bonds is 4. The number of carbonyl (C=O) groups excluding carboxylic acids is 1. The molecule has 2 heterocycles. The van der Waals surface area contributed by atoms with E-state index >= 15 is 0 Å². The number of aliphatic hydroxyl groups excluding tert-OH is 1. The van der Waals surface area contributed by atoms with Crippen LogP contribution >= 0.6 is 11.3 Å². The Bertz CT molecular complexity index is 625. The van der Waals surface area contributed by atoms with Gasteiger partial charge in [-0.05, 0) is 24.4 Å². The highest BCUT2D eigenvalue weighted by atomic mass is 32.1. The fraction of sp³-hybridized carbons (Fsp3) is 0.438. The minimum atomic E-state index is -0.693. The lowest BCUT2D eigenvalue weighted by molar-refractivity contribution is -0.129. The van der Waals surface area contributed by atoms with Gasteiger partial charge in [0.1, 0.15) is 12.1 Å². The molecule has 2 aromatic rings. The highest BCUT2D eigenvalue weighted by molar-refractivity contribution is 7.19. The van der Waals surface area contributed by atoms with E-state index in [4.69, 9.17) is 4.74 Å². The summed E-state index contributed by atoms with van der Waals surface area (Å²) in [7, 11) is 0. The molecule has 0 bridgehead atoms. The van der Waals surface area contributed by atoms with Crippen LogP contribution in [-0.4, -0.2) is 42.9 Å². The van der Waals surface area contributed by atoms with Crippen molar-refractivity contribution in [3.8, 4) is 0 Å². The van der Waals surface area contributed by atoms with Crippen molar-refractivity contribution in [1.82, 2.24) is 10.6 Å². The van der Waals surface area contributed by atoms with Crippen LogP contribution in [-0.2, 0) is 9.53 Å². The van der Waals surface area contributed by atoms with Gasteiger partial charge in [-0.1, -0.05) is 18.2 Å². The van der Waals surface area contributed by atoms with Crippen LogP contribution in [0.15, 0.2) is 30.3 Å². The van der Waals surface area contributed by atoms with Gasteiger partial charge >= 0.3 is 0 Å². The Labute approximate surface area is 133 Å². The molecule has 0 saturated carbocycles. The molecule has 118 valence electrons. The molecule has 3 rings (SSSR count). The summed E-state index contributed by atoms with van der Waals surface area (Å²) in [6.07, 6.45) is -0.851. The predicted octanol–water partition coefficient (Wildman–Crippen LogP) is 1.43. The summed E-state index contributed by atoms with van der Waals surface area (Å²) in [5.41, 5.74) is 0. The molecule has 1 fully saturated rings. The molecule has 1 amide bonds. The third-order valence-electron chi connectivity index (χ3n) is 3.84. The number of hydrogen-bond donors (Lipinski definition) is 3. The molecule has 3 N–H and O–H groups in total. The molecular formula is C16H20N2O3S. The first-order valence-corrected chi connectivity index (χ1v) is 8.26. The number of carbonyl (C=O) groups is 1. The minimum Gasteiger partial charge on any atom is -0.386 e. The number of hydrogen-bond acceptors (Lipinski definition) is 5. The summed E-state index contributed by atoms with van der Waals surface area (Å²) >= 11 is 1.55. The van der Waals surface area contributed by atoms with Gasteiger partial charge in [-0.3, -0.25) is 4.79 Å². The molecule has 5 nitrogen and oxygen atoms in total. The van der Waals surface area contributed by atoms with E-state index < -0.39 is 6.10 Å². The lowest BCUT2D eigenvalue weighted by Crippen LogP contribution is -2.55. The number of fused-ring (bicyclic) bond motifs is 1. The van der Waals surface area contributed by atoms with Crippen molar-refractivity contribution in [2.45, 2.75) is 25.2 Å². The van der Waals surface area contributed by atoms with Crippen molar-refractivity contribution < 1.29 is 14.6 Å². The molecule has 22 heavy (non-hydrogen) atoms. The first-order valence-electron chi connectivity index (χ1n) is 7.44. The van der Waals surface area contributed by atoms with Crippen molar-refractivity contribution in [2.24, 2.45) is 0 Å². The van der Waals surface area contributed by atoms with Gasteiger partial charge in [0.25, 0.3) is 0 Å². The lowest BCUT2D eigenvalue weighted by Gasteiger charge is -2.29. The Balaban J connectivity index is 1.59. The van der Waals surface area contributed by atoms with Crippen LogP contribution in [0, 0.1) is 0 Å². The van der Waals surface area contributed by atoms with E-state index in [1.54, 1.807) is 11.3 Å². The number of morpholine rings is 1. The van der Waals surface area contributed by atoms with E-state index in [1.165, 1.54) is 0 Å². The Kier molecular flexibility index (Phi) is 4.73. The third-order valence-corrected chi connectivity index (χ3v) is 5.06. The zero-order valence-electron chi connectivity index (χ0n) is 12.4. The number of aliphatic hydroxyl groups is 1. The standard InChI is InChI=1S/C16H20N2O3S/c1-10-15(17-6-7-21-10)16(20)18-9-12(19)14-8-11-4-2-3-5-13(11)22-14/h2-5,8,10,12,15,17,19H,6-7,9H2,1H3,(H,18,20)/t10-,12?,15+/m1/s1. The fourth-order valence-electron chi connectivity index (χ4n) is 2.60. The van der Waals surface area contributed by atoms with Gasteiger partial charge in [0.2, 0.25) is 5.91 Å². The maximum Gasteiger partial charge on any atom is 0.239 e. The van der Waals surface area contributed by atoms with Crippen LogP contribution in [0.4, 0.5) is 0 Å². The third kappa shape index (κ3) is 3.30. The number of ether oxygens (including phenoxy) is 1. The molecular weight excluding hydrogens is 300 g/mol. The number of thiophene rings is 1. The first kappa shape index (κ1) is 15.4. The summed E-state index contributed by atoms with van der Waals surface area (Å²) < 4.78 is 6.60. The number of nitrogens with one attached hydrogen (secondary N) is 2. The topological polar surface area (TPSA) is 70.6 Å². The van der Waals surface area contributed by atoms with E-state index in [0.717, 1.165) is 15.0 Å². The summed E-state index contributed by atoms with van der Waals surface area (Å²) in [5.74, 6) is -0.132. The minimum absolute atomic E-state index is 0.132. The molecule has 0 spiro atoms. The monoisotopic (exact) mass is 320 g/mol. The molecule has 3 atom stereocenters. The molecule has 0 radical (unpaired) electrons. The maximum atomic E-state index is 12.2. The summed E-state index contributed by atoms with van der Waals surface area (Å²) in [6, 6.07) is 9.62. The van der Waals surface area contributed by atoms with Crippen LogP contribution < -0.4 is 10.6 Å². The van der Waals surface area contributed by atoms with E-state index in [0.29, 0.717) is 13.2 Å². The quantitative estimate of drug-likeness (QED) is 0.797. The van der Waals surface area contributed by atoms with Crippen LogP contribution in [0.5, 0.6) is 0 Å². The van der Waals surface area contributed by atoms with Crippen molar-refractivity contribution in [3.05, 3.63) is 35.2 Å². The van der Waals surface area contributed by atoms with E-state index in [9.17, 15) is 9.90 Å². The van der Waals surface area contributed by atoms with Gasteiger partial charge in [-0.15, -0.1) is 11.3 Å². The summed E-state index contributed by atoms with van der Waals surface area (Å²) in [4.78, 5) is 13.0. The van der Waals surface area contributed by atoms with Crippen LogP contribution in [0.3, 0.4) is 0 Å². The maximum absolute atomic E-state index is 12.2. The van der Waals surface area contributed by atoms with Gasteiger partial charge in [0.15, 0.2) is 0 Å². The number of amides is 1. The van der Waals surface area contributed by atoms with E-state index in [1.807, 2.05) is 37.3 Å². The van der Waals surface area contributed by atoms with Gasteiger partial charge < -0.3 is 20.5 Å². The molecule has 1 aromatic carbocycles. The average Bonchev–Trinajstić information content (AvgIpc) is 2.97. The molecule has 0 aliphatic carbocycles. The SMILES string of the molecule is C[C@H]1OCCN[C@@H]1C(=O)NCC(O)c1cc2ccccc2s1. The molecule has 1 unspecified atom stereocenters. The smallest absolute Gasteiger partial charge is 0.239 e. The van der Waals surface area contributed by atoms with Gasteiger partial charge in [0.05, 0.1) is 12.7 Å². The second-order valence-corrected chi connectivity index (χ2v) is 6.57. The van der Waals surface area contributed by atoms with Crippen LogP contribution in [0.25, 0.3) is 10.1 Å². The van der Waals surface area contributed by atoms with Crippen molar-refractivity contribution in [3.63, 3.8) is 0 Å². The zero-order chi connectivity index (χ0) is 15.5. The summed E-state index contributed by atoms with van der Waals surface area (Å²) in [6.45, 7) is 3.37. The zero-order valence-corrected chi connectivity index (χ0v) is 13.2. The molecule has 1 aliphatic rings. The Morgan fingerprint density at radius 3 is 3.14 bits per heavy atom. The van der Waals surface area contributed by atoms with Gasteiger partial charge in [0, 0.05) is 22.7 Å². The summed E-state index contributed by atoms with van der Waals surface area (Å²) in [5, 5.41) is 17.3. The van der Waals surface area contributed by atoms with Crippen molar-refractivity contribution >= 4 is 27.3 Å². The average molecular weight is 320 g/mol. The first-order chi connectivity index (χ1) is 10.6. The Hall–Kier alpha value is -1.47. The molecule has 1 saturated heterocycles. The second kappa shape index (κ2) is 6.75. The highest BCUT2D eigenvalue weighted by Gasteiger charge is 2.28. The predicted molar refractivity (Wildman–Crippen MR) is 87.0 cm³/mol. The molecule has 6 heteroatoms. The van der Waals surface area contributed by atoms with Crippen molar-refractivity contribution in [1.29, 1.82) is 0 Å². The number of benzene rings is 1. The van der Waals surface area contributed by atoms with E-state index in [2.05, 4.69) is 10.6 Å². The molecule has 1 aromatic heterocycles. The van der Waals surface area contributed by atoms with Crippen molar-refractivity contribution in [2.75, 3.05) is 19.7 Å². The lowest BCUT2D eigenvalue weighted by atomic mass is 10.1. The molecule has 1 aliphatic heterocycles. The van der Waals surface area contributed by atoms with Crippen LogP contribution in [0.2, 0.25) is 0 Å². The normalized spacial score (nSPS) is 23.4. The van der Waals surface area contributed by atoms with Crippen LogP contribution in [0.1, 0.15) is 17.9 Å². The Morgan fingerprint density at radius 2 is 2.36 bits per heavy atom. The van der Waals surface area contributed by atoms with Gasteiger partial charge in [-0.2, -0.15) is 0 Å². The largest absolute Gasteiger partial charge is 0.386 e. The highest BCUT2D eigenvalue weighted by Crippen LogP contribution is 2.29.